The monoisotopic (exact) mass is 540 g/mol. The van der Waals surface area contributed by atoms with Gasteiger partial charge in [-0.15, -0.1) is 0 Å². The topological polar surface area (TPSA) is 68.4 Å². The van der Waals surface area contributed by atoms with Crippen LogP contribution in [0, 0.1) is 0 Å². The van der Waals surface area contributed by atoms with Gasteiger partial charge in [0, 0.05) is 55.3 Å². The van der Waals surface area contributed by atoms with E-state index in [1.54, 1.807) is 30.5 Å². The molecule has 1 aromatic heterocycles. The highest BCUT2D eigenvalue weighted by molar-refractivity contribution is 6.18. The van der Waals surface area contributed by atoms with Crippen LogP contribution >= 0.6 is 0 Å². The molecule has 1 aliphatic heterocycles. The molecule has 1 aliphatic rings. The average molecular weight is 541 g/mol. The molecule has 1 fully saturated rings. The number of benzene rings is 2. The van der Waals surface area contributed by atoms with E-state index in [9.17, 15) is 35.9 Å². The lowest BCUT2D eigenvalue weighted by molar-refractivity contribution is -0.143. The summed E-state index contributed by atoms with van der Waals surface area (Å²) in [6, 6.07) is 7.80. The first-order valence-corrected chi connectivity index (χ1v) is 11.8. The van der Waals surface area contributed by atoms with E-state index in [0.29, 0.717) is 41.7 Å². The number of amides is 1. The van der Waals surface area contributed by atoms with E-state index in [1.807, 2.05) is 0 Å². The number of para-hydroxylation sites is 1. The molecule has 2 aromatic carbocycles. The molecule has 0 radical (unpaired) electrons. The summed E-state index contributed by atoms with van der Waals surface area (Å²) in [6.45, 7) is 1.31. The Labute approximate surface area is 214 Å². The SMILES string of the molecule is CN(C)C(Cc1c[nH]c2ccccc12)(C(=O)c1cc(C(F)(F)F)cc(C(F)(F)F)c1)C(=O)N1CCNCC1. The molecule has 0 saturated carbocycles. The number of nitrogens with zero attached hydrogens (tertiary/aromatic N) is 2. The Bertz CT molecular complexity index is 1310. The highest BCUT2D eigenvalue weighted by Gasteiger charge is 2.51. The molecule has 38 heavy (non-hydrogen) atoms. The number of H-pyrrole nitrogens is 1. The van der Waals surface area contributed by atoms with E-state index in [2.05, 4.69) is 10.3 Å². The Kier molecular flexibility index (Phi) is 7.32. The fourth-order valence-electron chi connectivity index (χ4n) is 4.81. The minimum Gasteiger partial charge on any atom is -0.361 e. The smallest absolute Gasteiger partial charge is 0.361 e. The lowest BCUT2D eigenvalue weighted by Crippen LogP contribution is -2.65. The Morgan fingerprint density at radius 2 is 1.50 bits per heavy atom. The van der Waals surface area contributed by atoms with Crippen molar-refractivity contribution in [2.75, 3.05) is 40.3 Å². The standard InChI is InChI=1S/C26H26F6N4O2/c1-35(2)24(23(38)36-9-7-33-8-10-36,14-17-15-34-21-6-4-3-5-20(17)21)22(37)16-11-18(25(27,28)29)13-19(12-16)26(30,31)32/h3-6,11-13,15,33-34H,7-10,14H2,1-2H3. The molecule has 12 heteroatoms. The van der Waals surface area contributed by atoms with Crippen molar-refractivity contribution in [3.05, 3.63) is 70.9 Å². The van der Waals surface area contributed by atoms with Crippen LogP contribution in [0.15, 0.2) is 48.7 Å². The Morgan fingerprint density at radius 3 is 2.05 bits per heavy atom. The number of aromatic nitrogens is 1. The molecular formula is C26H26F6N4O2. The number of aromatic amines is 1. The third kappa shape index (κ3) is 5.14. The normalized spacial score (nSPS) is 16.6. The summed E-state index contributed by atoms with van der Waals surface area (Å²) in [5.74, 6) is -1.84. The van der Waals surface area contributed by atoms with Gasteiger partial charge in [-0.25, -0.2) is 0 Å². The van der Waals surface area contributed by atoms with Crippen LogP contribution in [0.4, 0.5) is 26.3 Å². The van der Waals surface area contributed by atoms with Crippen LogP contribution in [0.3, 0.4) is 0 Å². The third-order valence-electron chi connectivity index (χ3n) is 6.87. The number of carbonyl (C=O) groups excluding carboxylic acids is 2. The van der Waals surface area contributed by atoms with Crippen molar-refractivity contribution in [2.45, 2.75) is 24.3 Å². The van der Waals surface area contributed by atoms with Gasteiger partial charge in [0.25, 0.3) is 5.91 Å². The van der Waals surface area contributed by atoms with Gasteiger partial charge in [-0.1, -0.05) is 18.2 Å². The third-order valence-corrected chi connectivity index (χ3v) is 6.87. The molecular weight excluding hydrogens is 514 g/mol. The van der Waals surface area contributed by atoms with Crippen molar-refractivity contribution < 1.29 is 35.9 Å². The van der Waals surface area contributed by atoms with Crippen LogP contribution in [0.2, 0.25) is 0 Å². The number of ketones is 1. The first-order chi connectivity index (χ1) is 17.7. The summed E-state index contributed by atoms with van der Waals surface area (Å²) in [4.78, 5) is 34.0. The average Bonchev–Trinajstić information content (AvgIpc) is 3.28. The van der Waals surface area contributed by atoms with Crippen LogP contribution in [-0.2, 0) is 23.6 Å². The van der Waals surface area contributed by atoms with Crippen molar-refractivity contribution in [1.29, 1.82) is 0 Å². The molecule has 0 spiro atoms. The van der Waals surface area contributed by atoms with E-state index < -0.39 is 46.3 Å². The zero-order chi connectivity index (χ0) is 27.9. The predicted octanol–water partition coefficient (Wildman–Crippen LogP) is 4.36. The molecule has 3 aromatic rings. The zero-order valence-electron chi connectivity index (χ0n) is 20.6. The van der Waals surface area contributed by atoms with Crippen LogP contribution in [0.5, 0.6) is 0 Å². The van der Waals surface area contributed by atoms with Gasteiger partial charge in [-0.3, -0.25) is 14.5 Å². The highest BCUT2D eigenvalue weighted by atomic mass is 19.4. The van der Waals surface area contributed by atoms with Crippen molar-refractivity contribution in [3.63, 3.8) is 0 Å². The van der Waals surface area contributed by atoms with Crippen molar-refractivity contribution in [2.24, 2.45) is 0 Å². The van der Waals surface area contributed by atoms with E-state index in [0.717, 1.165) is 0 Å². The van der Waals surface area contributed by atoms with E-state index in [1.165, 1.54) is 23.9 Å². The maximum Gasteiger partial charge on any atom is 0.416 e. The van der Waals surface area contributed by atoms with Gasteiger partial charge in [-0.2, -0.15) is 26.3 Å². The minimum absolute atomic E-state index is 0.0358. The number of hydrogen-bond donors (Lipinski definition) is 2. The van der Waals surface area contributed by atoms with Gasteiger partial charge in [0.15, 0.2) is 11.3 Å². The van der Waals surface area contributed by atoms with Crippen LogP contribution < -0.4 is 5.32 Å². The highest BCUT2D eigenvalue weighted by Crippen LogP contribution is 2.38. The molecule has 1 amide bonds. The molecule has 6 nitrogen and oxygen atoms in total. The fourth-order valence-corrected chi connectivity index (χ4v) is 4.81. The second kappa shape index (κ2) is 10.1. The molecule has 2 heterocycles. The van der Waals surface area contributed by atoms with Gasteiger partial charge in [0.05, 0.1) is 11.1 Å². The van der Waals surface area contributed by atoms with Crippen molar-refractivity contribution in [1.82, 2.24) is 20.1 Å². The fraction of sp³-hybridized carbons (Fsp3) is 0.385. The van der Waals surface area contributed by atoms with Gasteiger partial charge < -0.3 is 15.2 Å². The van der Waals surface area contributed by atoms with Crippen LogP contribution in [0.25, 0.3) is 10.9 Å². The maximum absolute atomic E-state index is 14.2. The number of rotatable bonds is 6. The number of fused-ring (bicyclic) bond motifs is 1. The van der Waals surface area contributed by atoms with Crippen LogP contribution in [0.1, 0.15) is 27.0 Å². The van der Waals surface area contributed by atoms with E-state index in [4.69, 9.17) is 0 Å². The van der Waals surface area contributed by atoms with Gasteiger partial charge in [0.1, 0.15) is 0 Å². The summed E-state index contributed by atoms with van der Waals surface area (Å²) in [5, 5.41) is 3.76. The number of likely N-dealkylation sites (N-methyl/N-ethyl adjacent to an activating group) is 1. The molecule has 0 bridgehead atoms. The predicted molar refractivity (Wildman–Crippen MR) is 129 cm³/mol. The molecule has 1 unspecified atom stereocenters. The number of Topliss-reactive ketones (excluding diaryl/α,β-unsaturated/α-hetero) is 1. The van der Waals surface area contributed by atoms with Crippen LogP contribution in [-0.4, -0.2) is 72.3 Å². The number of carbonyl (C=O) groups is 2. The van der Waals surface area contributed by atoms with Gasteiger partial charge >= 0.3 is 12.4 Å². The Balaban J connectivity index is 1.93. The molecule has 1 atom stereocenters. The largest absolute Gasteiger partial charge is 0.416 e. The lowest BCUT2D eigenvalue weighted by Gasteiger charge is -2.42. The zero-order valence-corrected chi connectivity index (χ0v) is 20.6. The first-order valence-electron chi connectivity index (χ1n) is 11.8. The maximum atomic E-state index is 14.2. The summed E-state index contributed by atoms with van der Waals surface area (Å²) in [5.41, 5.74) is -4.97. The van der Waals surface area contributed by atoms with E-state index >= 15 is 0 Å². The second-order valence-electron chi connectivity index (χ2n) is 9.46. The van der Waals surface area contributed by atoms with Gasteiger partial charge in [0.2, 0.25) is 0 Å². The van der Waals surface area contributed by atoms with E-state index in [-0.39, 0.29) is 25.6 Å². The Hall–Kier alpha value is -3.38. The molecule has 204 valence electrons. The summed E-state index contributed by atoms with van der Waals surface area (Å²) >= 11 is 0. The quantitative estimate of drug-likeness (QED) is 0.277. The summed E-state index contributed by atoms with van der Waals surface area (Å²) in [6.07, 6.45) is -8.97. The van der Waals surface area contributed by atoms with Crippen molar-refractivity contribution >= 4 is 22.6 Å². The number of piperazine rings is 1. The van der Waals surface area contributed by atoms with Gasteiger partial charge in [-0.05, 0) is 43.9 Å². The summed E-state index contributed by atoms with van der Waals surface area (Å²) in [7, 11) is 2.84. The second-order valence-corrected chi connectivity index (χ2v) is 9.46. The number of nitrogens with one attached hydrogen (secondary N) is 2. The molecule has 0 aliphatic carbocycles. The summed E-state index contributed by atoms with van der Waals surface area (Å²) < 4.78 is 81.7. The molecule has 2 N–H and O–H groups in total. The first kappa shape index (κ1) is 27.6. The molecule has 1 saturated heterocycles. The molecule has 4 rings (SSSR count). The number of alkyl halides is 6. The number of hydrogen-bond acceptors (Lipinski definition) is 4. The number of halogens is 6. The Morgan fingerprint density at radius 1 is 0.921 bits per heavy atom. The minimum atomic E-state index is -5.14. The van der Waals surface area contributed by atoms with Crippen molar-refractivity contribution in [3.8, 4) is 0 Å². The lowest BCUT2D eigenvalue weighted by atomic mass is 9.80.